The summed E-state index contributed by atoms with van der Waals surface area (Å²) in [5.74, 6) is -2.12. The molecule has 2 heterocycles. The lowest BCUT2D eigenvalue weighted by Crippen LogP contribution is -2.49. The van der Waals surface area contributed by atoms with Crippen molar-refractivity contribution < 1.29 is 21.9 Å². The van der Waals surface area contributed by atoms with Gasteiger partial charge in [0.1, 0.15) is 18.4 Å². The summed E-state index contributed by atoms with van der Waals surface area (Å²) >= 11 is 0. The molecule has 1 fully saturated rings. The molecule has 2 aliphatic heterocycles. The number of benzene rings is 2. The van der Waals surface area contributed by atoms with E-state index in [0.29, 0.717) is 26.2 Å². The number of nitrogens with zero attached hydrogens (tertiary/aromatic N) is 2. The molecule has 1 saturated heterocycles. The Morgan fingerprint density at radius 3 is 2.36 bits per heavy atom. The molecular formula is C20H22F2N2O3S. The Kier molecular flexibility index (Phi) is 5.11. The number of sulfonamides is 1. The fraction of sp³-hybridized carbons (Fsp3) is 0.400. The number of piperidine rings is 1. The van der Waals surface area contributed by atoms with Crippen LogP contribution in [0, 0.1) is 18.6 Å². The molecule has 8 heteroatoms. The van der Waals surface area contributed by atoms with Gasteiger partial charge in [-0.3, -0.25) is 0 Å². The normalized spacial score (nSPS) is 18.9. The molecule has 0 amide bonds. The van der Waals surface area contributed by atoms with E-state index in [2.05, 4.69) is 17.9 Å². The summed E-state index contributed by atoms with van der Waals surface area (Å²) < 4.78 is 60.4. The molecule has 0 aromatic heterocycles. The number of fused-ring (bicyclic) bond motifs is 1. The molecule has 28 heavy (non-hydrogen) atoms. The average Bonchev–Trinajstić information content (AvgIpc) is 2.67. The Bertz CT molecular complexity index is 969. The number of aryl methyl sites for hydroxylation is 1. The third kappa shape index (κ3) is 3.29. The van der Waals surface area contributed by atoms with Gasteiger partial charge >= 0.3 is 0 Å². The SMILES string of the molecule is Cc1cccc2c1N(C1CCN(S(=O)(=O)c3c(F)cccc3F)CC1)COC2. The molecule has 0 radical (unpaired) electrons. The van der Waals surface area contributed by atoms with Crippen molar-refractivity contribution >= 4 is 15.7 Å². The lowest BCUT2D eigenvalue weighted by molar-refractivity contribution is 0.0986. The number of ether oxygens (including phenoxy) is 1. The third-order valence-electron chi connectivity index (χ3n) is 5.48. The maximum absolute atomic E-state index is 14.0. The molecule has 0 spiro atoms. The van der Waals surface area contributed by atoms with Crippen molar-refractivity contribution in [3.63, 3.8) is 0 Å². The van der Waals surface area contributed by atoms with Crippen molar-refractivity contribution in [2.45, 2.75) is 37.3 Å². The van der Waals surface area contributed by atoms with Gasteiger partial charge in [-0.15, -0.1) is 0 Å². The average molecular weight is 408 g/mol. The van der Waals surface area contributed by atoms with Crippen LogP contribution in [-0.2, 0) is 21.4 Å². The van der Waals surface area contributed by atoms with E-state index in [4.69, 9.17) is 4.74 Å². The van der Waals surface area contributed by atoms with E-state index in [0.717, 1.165) is 35.0 Å². The maximum Gasteiger partial charge on any atom is 0.248 e. The molecule has 0 aliphatic carbocycles. The van der Waals surface area contributed by atoms with Crippen LogP contribution >= 0.6 is 0 Å². The van der Waals surface area contributed by atoms with Crippen molar-refractivity contribution in [3.05, 3.63) is 59.2 Å². The van der Waals surface area contributed by atoms with Crippen molar-refractivity contribution in [2.24, 2.45) is 0 Å². The molecule has 0 bridgehead atoms. The lowest BCUT2D eigenvalue weighted by Gasteiger charge is -2.42. The van der Waals surface area contributed by atoms with Gasteiger partial charge in [0, 0.05) is 30.4 Å². The zero-order chi connectivity index (χ0) is 19.9. The summed E-state index contributed by atoms with van der Waals surface area (Å²) in [6.45, 7) is 3.49. The summed E-state index contributed by atoms with van der Waals surface area (Å²) in [5, 5.41) is 0. The minimum atomic E-state index is -4.21. The lowest BCUT2D eigenvalue weighted by atomic mass is 10.00. The predicted octanol–water partition coefficient (Wildman–Crippen LogP) is 3.42. The molecule has 2 aromatic rings. The molecule has 5 nitrogen and oxygen atoms in total. The first-order chi connectivity index (χ1) is 13.4. The van der Waals surface area contributed by atoms with E-state index in [1.807, 2.05) is 12.1 Å². The number of hydrogen-bond acceptors (Lipinski definition) is 4. The summed E-state index contributed by atoms with van der Waals surface area (Å²) in [7, 11) is -4.21. The van der Waals surface area contributed by atoms with Gasteiger partial charge in [-0.25, -0.2) is 17.2 Å². The molecular weight excluding hydrogens is 386 g/mol. The molecule has 0 unspecified atom stereocenters. The van der Waals surface area contributed by atoms with Crippen LogP contribution in [0.15, 0.2) is 41.3 Å². The number of hydrogen-bond donors (Lipinski definition) is 0. The van der Waals surface area contributed by atoms with E-state index in [-0.39, 0.29) is 19.1 Å². The van der Waals surface area contributed by atoms with Crippen LogP contribution in [0.2, 0.25) is 0 Å². The molecule has 2 aromatic carbocycles. The van der Waals surface area contributed by atoms with Crippen molar-refractivity contribution in [3.8, 4) is 0 Å². The fourth-order valence-corrected chi connectivity index (χ4v) is 5.68. The van der Waals surface area contributed by atoms with Crippen LogP contribution in [0.1, 0.15) is 24.0 Å². The van der Waals surface area contributed by atoms with Gasteiger partial charge in [-0.1, -0.05) is 24.3 Å². The molecule has 0 atom stereocenters. The standard InChI is InChI=1S/C20H22F2N2O3S/c1-14-4-2-5-15-12-27-13-24(19(14)15)16-8-10-23(11-9-16)28(25,26)20-17(21)6-3-7-18(20)22/h2-7,16H,8-13H2,1H3. The van der Waals surface area contributed by atoms with E-state index >= 15 is 0 Å². The number of anilines is 1. The highest BCUT2D eigenvalue weighted by Gasteiger charge is 2.36. The zero-order valence-electron chi connectivity index (χ0n) is 15.6. The highest BCUT2D eigenvalue weighted by molar-refractivity contribution is 7.89. The Morgan fingerprint density at radius 2 is 1.68 bits per heavy atom. The van der Waals surface area contributed by atoms with Crippen molar-refractivity contribution in [2.75, 3.05) is 24.7 Å². The summed E-state index contributed by atoms with van der Waals surface area (Å²) in [4.78, 5) is 1.32. The first-order valence-electron chi connectivity index (χ1n) is 9.26. The van der Waals surface area contributed by atoms with Gasteiger partial charge in [-0.2, -0.15) is 4.31 Å². The monoisotopic (exact) mass is 408 g/mol. The van der Waals surface area contributed by atoms with Gasteiger partial charge < -0.3 is 9.64 Å². The second-order valence-electron chi connectivity index (χ2n) is 7.22. The van der Waals surface area contributed by atoms with Crippen LogP contribution in [0.4, 0.5) is 14.5 Å². The Hall–Kier alpha value is -2.03. The summed E-state index contributed by atoms with van der Waals surface area (Å²) in [5.41, 5.74) is 3.43. The quantitative estimate of drug-likeness (QED) is 0.781. The van der Waals surface area contributed by atoms with E-state index in [1.165, 1.54) is 4.31 Å². The molecule has 0 saturated carbocycles. The van der Waals surface area contributed by atoms with Crippen LogP contribution in [0.5, 0.6) is 0 Å². The van der Waals surface area contributed by atoms with Gasteiger partial charge in [0.15, 0.2) is 4.90 Å². The van der Waals surface area contributed by atoms with Crippen LogP contribution in [0.3, 0.4) is 0 Å². The first kappa shape index (κ1) is 19.3. The Morgan fingerprint density at radius 1 is 1.04 bits per heavy atom. The number of rotatable bonds is 3. The minimum absolute atomic E-state index is 0.108. The smallest absolute Gasteiger partial charge is 0.248 e. The summed E-state index contributed by atoms with van der Waals surface area (Å²) in [6.07, 6.45) is 1.12. The molecule has 0 N–H and O–H groups in total. The Balaban J connectivity index is 1.54. The third-order valence-corrected chi connectivity index (χ3v) is 7.43. The van der Waals surface area contributed by atoms with E-state index in [1.54, 1.807) is 0 Å². The first-order valence-corrected chi connectivity index (χ1v) is 10.7. The summed E-state index contributed by atoms with van der Waals surface area (Å²) in [6, 6.07) is 9.29. The molecule has 2 aliphatic rings. The highest BCUT2D eigenvalue weighted by atomic mass is 32.2. The van der Waals surface area contributed by atoms with Gasteiger partial charge in [0.25, 0.3) is 0 Å². The van der Waals surface area contributed by atoms with Crippen LogP contribution < -0.4 is 4.90 Å². The predicted molar refractivity (Wildman–Crippen MR) is 101 cm³/mol. The van der Waals surface area contributed by atoms with Crippen molar-refractivity contribution in [1.29, 1.82) is 0 Å². The molecule has 150 valence electrons. The van der Waals surface area contributed by atoms with Gasteiger partial charge in [-0.05, 0) is 37.5 Å². The van der Waals surface area contributed by atoms with Gasteiger partial charge in [0.2, 0.25) is 10.0 Å². The molecule has 4 rings (SSSR count). The second kappa shape index (κ2) is 7.42. The van der Waals surface area contributed by atoms with Crippen molar-refractivity contribution in [1.82, 2.24) is 4.31 Å². The highest BCUT2D eigenvalue weighted by Crippen LogP contribution is 2.34. The van der Waals surface area contributed by atoms with E-state index in [9.17, 15) is 17.2 Å². The topological polar surface area (TPSA) is 49.9 Å². The second-order valence-corrected chi connectivity index (χ2v) is 9.09. The van der Waals surface area contributed by atoms with Crippen LogP contribution in [0.25, 0.3) is 0 Å². The van der Waals surface area contributed by atoms with Gasteiger partial charge in [0.05, 0.1) is 6.61 Å². The zero-order valence-corrected chi connectivity index (χ0v) is 16.4. The van der Waals surface area contributed by atoms with E-state index < -0.39 is 26.6 Å². The number of para-hydroxylation sites is 1. The Labute approximate surface area is 163 Å². The largest absolute Gasteiger partial charge is 0.356 e. The minimum Gasteiger partial charge on any atom is -0.356 e. The number of halogens is 2. The maximum atomic E-state index is 14.0. The van der Waals surface area contributed by atoms with Crippen LogP contribution in [-0.4, -0.2) is 38.6 Å². The fourth-order valence-electron chi connectivity index (χ4n) is 4.11.